The zero-order valence-electron chi connectivity index (χ0n) is 29.9. The number of carbonyl (C=O) groups excluding carboxylic acids is 4. The van der Waals surface area contributed by atoms with Crippen molar-refractivity contribution in [2.24, 2.45) is 17.1 Å². The molecular weight excluding hydrogens is 702 g/mol. The number of fused-ring (bicyclic) bond motifs is 1. The molecule has 3 N–H and O–H groups in total. The molecule has 1 aliphatic heterocycles. The molecule has 2 aromatic rings. The molecule has 1 saturated heterocycles. The van der Waals surface area contributed by atoms with Gasteiger partial charge < -0.3 is 30.2 Å². The van der Waals surface area contributed by atoms with Crippen LogP contribution in [0.15, 0.2) is 37.1 Å². The molecule has 278 valence electrons. The minimum absolute atomic E-state index is 0.114. The van der Waals surface area contributed by atoms with Gasteiger partial charge in [-0.05, 0) is 63.6 Å². The maximum Gasteiger partial charge on any atom is 0.408 e. The molecule has 5 atom stereocenters. The Balaban J connectivity index is 1.56. The Morgan fingerprint density at radius 1 is 1.16 bits per heavy atom. The van der Waals surface area contributed by atoms with Crippen LogP contribution in [0.2, 0.25) is 5.02 Å². The number of nitrogens with zero attached hydrogens (tertiary/aromatic N) is 3. The fraction of sp³-hybridized carbons (Fsp3) is 0.571. The van der Waals surface area contributed by atoms with Crippen LogP contribution in [-0.4, -0.2) is 94.7 Å². The lowest BCUT2D eigenvalue weighted by atomic mass is 9.85. The van der Waals surface area contributed by atoms with Crippen LogP contribution in [0, 0.1) is 11.3 Å². The number of pyridine rings is 1. The van der Waals surface area contributed by atoms with Gasteiger partial charge in [0.05, 0.1) is 25.1 Å². The predicted octanol–water partition coefficient (Wildman–Crippen LogP) is 3.94. The van der Waals surface area contributed by atoms with Gasteiger partial charge in [-0.15, -0.1) is 6.58 Å². The molecule has 0 unspecified atom stereocenters. The Labute approximate surface area is 303 Å². The highest BCUT2D eigenvalue weighted by Gasteiger charge is 2.62. The molecule has 0 spiro atoms. The van der Waals surface area contributed by atoms with Crippen LogP contribution in [0.1, 0.15) is 67.2 Å². The molecule has 2 aliphatic carbocycles. The number of imide groups is 1. The largest absolute Gasteiger partial charge is 0.494 e. The number of nitrogens with one attached hydrogen (secondary N) is 1. The van der Waals surface area contributed by atoms with E-state index in [2.05, 4.69) is 16.9 Å². The van der Waals surface area contributed by atoms with E-state index in [9.17, 15) is 27.6 Å². The van der Waals surface area contributed by atoms with Crippen molar-refractivity contribution in [1.82, 2.24) is 19.5 Å². The van der Waals surface area contributed by atoms with Crippen LogP contribution in [0.25, 0.3) is 10.8 Å². The van der Waals surface area contributed by atoms with Crippen LogP contribution in [0.5, 0.6) is 11.6 Å². The normalized spacial score (nSPS) is 24.0. The number of ether oxygens (including phenoxy) is 3. The molecule has 1 aromatic carbocycles. The van der Waals surface area contributed by atoms with Crippen molar-refractivity contribution in [3.63, 3.8) is 0 Å². The van der Waals surface area contributed by atoms with E-state index in [-0.39, 0.29) is 42.4 Å². The van der Waals surface area contributed by atoms with Gasteiger partial charge in [0.1, 0.15) is 35.1 Å². The topological polar surface area (TPSA) is 188 Å². The molecule has 2 heterocycles. The van der Waals surface area contributed by atoms with E-state index >= 15 is 0 Å². The van der Waals surface area contributed by atoms with E-state index in [4.69, 9.17) is 31.5 Å². The number of hydrogen-bond acceptors (Lipinski definition) is 11. The van der Waals surface area contributed by atoms with Gasteiger partial charge in [-0.2, -0.15) is 4.31 Å². The second-order valence-corrected chi connectivity index (χ2v) is 18.0. The van der Waals surface area contributed by atoms with Gasteiger partial charge in [-0.3, -0.25) is 14.4 Å². The van der Waals surface area contributed by atoms with Crippen LogP contribution in [0.4, 0.5) is 4.79 Å². The quantitative estimate of drug-likeness (QED) is 0.265. The number of methoxy groups -OCH3 is 1. The summed E-state index contributed by atoms with van der Waals surface area (Å²) in [5, 5.41) is 3.23. The minimum Gasteiger partial charge on any atom is -0.494 e. The smallest absolute Gasteiger partial charge is 0.408 e. The van der Waals surface area contributed by atoms with E-state index in [0.717, 1.165) is 4.90 Å². The summed E-state index contributed by atoms with van der Waals surface area (Å²) in [5.74, 6) is -2.85. The fourth-order valence-corrected chi connectivity index (χ4v) is 8.18. The van der Waals surface area contributed by atoms with Gasteiger partial charge in [-0.1, -0.05) is 38.4 Å². The van der Waals surface area contributed by atoms with E-state index in [1.54, 1.807) is 59.7 Å². The van der Waals surface area contributed by atoms with Crippen LogP contribution in [-0.2, 0) is 29.1 Å². The van der Waals surface area contributed by atoms with Crippen molar-refractivity contribution in [1.29, 1.82) is 0 Å². The summed E-state index contributed by atoms with van der Waals surface area (Å²) in [4.78, 5) is 61.6. The van der Waals surface area contributed by atoms with Gasteiger partial charge in [0.25, 0.3) is 11.8 Å². The molecule has 0 bridgehead atoms. The third kappa shape index (κ3) is 7.80. The Morgan fingerprint density at radius 3 is 2.37 bits per heavy atom. The van der Waals surface area contributed by atoms with Crippen molar-refractivity contribution in [2.45, 2.75) is 102 Å². The monoisotopic (exact) mass is 747 g/mol. The number of alkyl carbamates (subject to hydrolysis) is 1. The number of amides is 4. The number of aromatic nitrogens is 1. The van der Waals surface area contributed by atoms with Gasteiger partial charge in [0.2, 0.25) is 21.8 Å². The number of likely N-dealkylation sites (tertiary alicyclic amines) is 1. The van der Waals surface area contributed by atoms with Crippen molar-refractivity contribution < 1.29 is 41.8 Å². The number of halogens is 1. The summed E-state index contributed by atoms with van der Waals surface area (Å²) in [6.07, 6.45) is 1.58. The Kier molecular flexibility index (Phi) is 10.2. The van der Waals surface area contributed by atoms with Crippen LogP contribution >= 0.6 is 11.6 Å². The van der Waals surface area contributed by atoms with E-state index in [1.165, 1.54) is 19.4 Å². The summed E-state index contributed by atoms with van der Waals surface area (Å²) in [6.45, 7) is 13.7. The molecule has 5 rings (SSSR count). The summed E-state index contributed by atoms with van der Waals surface area (Å²) in [7, 11) is -2.99. The lowest BCUT2D eigenvalue weighted by Gasteiger charge is -2.36. The third-order valence-electron chi connectivity index (χ3n) is 9.21. The van der Waals surface area contributed by atoms with Crippen molar-refractivity contribution in [3.8, 4) is 11.6 Å². The first-order valence-electron chi connectivity index (χ1n) is 16.7. The van der Waals surface area contributed by atoms with Gasteiger partial charge in [0, 0.05) is 28.1 Å². The lowest BCUT2D eigenvalue weighted by Crippen LogP contribution is -2.61. The number of sulfonamides is 1. The van der Waals surface area contributed by atoms with Crippen molar-refractivity contribution >= 4 is 56.2 Å². The van der Waals surface area contributed by atoms with Crippen molar-refractivity contribution in [3.05, 3.63) is 42.1 Å². The molecule has 2 saturated carbocycles. The van der Waals surface area contributed by atoms with E-state index < -0.39 is 79.7 Å². The minimum atomic E-state index is -4.48. The standard InChI is InChI=1S/C35H46ClN5O9S/c1-9-19-16-35(19,37)31(44)41(51(46,47)22-11-12-22)29(42)25-15-21(49-28-24-14-20(36)10-13-23(24)26(48-8)17-38-28)18-40(25)30(43)27(33(2,3)4)39-32(45)50-34(5,6)7/h9-10,13-14,17,19,21-22,25,27H,1,11-12,15-16,18,37H2,2-8H3,(H,39,45)/t19-,21-,25+,27-,35-/m1/s1. The maximum absolute atomic E-state index is 14.6. The Bertz CT molecular complexity index is 1870. The van der Waals surface area contributed by atoms with E-state index in [0.29, 0.717) is 21.5 Å². The van der Waals surface area contributed by atoms with Gasteiger partial charge >= 0.3 is 6.09 Å². The SMILES string of the molecule is C=C[C@@H]1C[C@]1(N)C(=O)N(C(=O)[C@@H]1C[C@@H](Oc2ncc(OC)c3ccc(Cl)cc23)CN1C(=O)[C@@H](NC(=O)OC(C)(C)C)C(C)(C)C)S(=O)(=O)C1CC1. The van der Waals surface area contributed by atoms with Gasteiger partial charge in [0.15, 0.2) is 0 Å². The molecule has 4 amide bonds. The highest BCUT2D eigenvalue weighted by atomic mass is 35.5. The average Bonchev–Trinajstić information content (AvgIpc) is 3.95. The summed E-state index contributed by atoms with van der Waals surface area (Å²) in [6, 6.07) is 2.32. The molecule has 3 fully saturated rings. The highest BCUT2D eigenvalue weighted by Crippen LogP contribution is 2.45. The van der Waals surface area contributed by atoms with Crippen molar-refractivity contribution in [2.75, 3.05) is 13.7 Å². The average molecular weight is 748 g/mol. The number of nitrogens with two attached hydrogens (primary N) is 1. The molecule has 51 heavy (non-hydrogen) atoms. The first-order chi connectivity index (χ1) is 23.6. The molecule has 1 aromatic heterocycles. The summed E-state index contributed by atoms with van der Waals surface area (Å²) < 4.78 is 45.1. The molecule has 16 heteroatoms. The summed E-state index contributed by atoms with van der Waals surface area (Å²) >= 11 is 6.31. The van der Waals surface area contributed by atoms with Crippen LogP contribution in [0.3, 0.4) is 0 Å². The molecule has 3 aliphatic rings. The molecule has 14 nitrogen and oxygen atoms in total. The number of carbonyl (C=O) groups is 4. The van der Waals surface area contributed by atoms with Gasteiger partial charge in [-0.25, -0.2) is 18.2 Å². The zero-order valence-corrected chi connectivity index (χ0v) is 31.5. The second-order valence-electron chi connectivity index (χ2n) is 15.5. The lowest BCUT2D eigenvalue weighted by molar-refractivity contribution is -0.148. The number of rotatable bonds is 10. The second kappa shape index (κ2) is 13.6. The van der Waals surface area contributed by atoms with E-state index in [1.807, 2.05) is 0 Å². The maximum atomic E-state index is 14.6. The van der Waals surface area contributed by atoms with Crippen LogP contribution < -0.4 is 20.5 Å². The number of benzene rings is 1. The number of hydrogen-bond donors (Lipinski definition) is 2. The Hall–Kier alpha value is -3.95. The Morgan fingerprint density at radius 2 is 1.82 bits per heavy atom. The molecule has 0 radical (unpaired) electrons. The zero-order chi connectivity index (χ0) is 37.8. The summed E-state index contributed by atoms with van der Waals surface area (Å²) in [5.41, 5.74) is 2.92. The predicted molar refractivity (Wildman–Crippen MR) is 189 cm³/mol. The highest BCUT2D eigenvalue weighted by molar-refractivity contribution is 7.91. The molecular formula is C35H46ClN5O9S. The first kappa shape index (κ1) is 38.3. The third-order valence-corrected chi connectivity index (χ3v) is 11.6. The fourth-order valence-electron chi connectivity index (χ4n) is 6.20. The first-order valence-corrected chi connectivity index (χ1v) is 18.6.